The third-order valence-corrected chi connectivity index (χ3v) is 8.61. The highest BCUT2D eigenvalue weighted by Crippen LogP contribution is 2.49. The Labute approximate surface area is 259 Å². The van der Waals surface area contributed by atoms with Crippen molar-refractivity contribution in [3.63, 3.8) is 0 Å². The summed E-state index contributed by atoms with van der Waals surface area (Å²) in [5, 5.41) is 3.69. The molecular weight excluding hydrogens is 594 g/mol. The van der Waals surface area contributed by atoms with Crippen LogP contribution < -0.4 is 22.3 Å². The number of nitrogens with one attached hydrogen (secondary N) is 1. The molecule has 3 aromatic rings. The number of nitrogens with zero attached hydrogens (tertiary/aromatic N) is 2. The van der Waals surface area contributed by atoms with Crippen LogP contribution in [-0.2, 0) is 20.8 Å². The fourth-order valence-corrected chi connectivity index (χ4v) is 6.81. The number of benzene rings is 2. The van der Waals surface area contributed by atoms with E-state index in [1.165, 1.54) is 5.56 Å². The van der Waals surface area contributed by atoms with E-state index >= 15 is 0 Å². The summed E-state index contributed by atoms with van der Waals surface area (Å²) in [6.07, 6.45) is 5.10. The largest absolute Gasteiger partial charge is 1.00 e. The van der Waals surface area contributed by atoms with Gasteiger partial charge >= 0.3 is 12.1 Å². The SMILES string of the molecule is C=C[C@H]1C[N+]2(Cc3ccccc3)CC[C@H]1C[C@@H]2[C@@H](OC(=O)CCNC(=O)OC(C)(C)C)c1ccnc2ccccc12.[Br-]. The number of aromatic nitrogens is 1. The zero-order valence-electron chi connectivity index (χ0n) is 24.8. The molecule has 4 heterocycles. The Morgan fingerprint density at radius 2 is 1.86 bits per heavy atom. The number of carbonyl (C=O) groups excluding carboxylic acids is 2. The van der Waals surface area contributed by atoms with Crippen molar-refractivity contribution in [2.24, 2.45) is 11.8 Å². The first kappa shape index (κ1) is 31.7. The number of fused-ring (bicyclic) bond motifs is 4. The molecule has 0 aliphatic carbocycles. The summed E-state index contributed by atoms with van der Waals surface area (Å²) in [4.78, 5) is 30.1. The summed E-state index contributed by atoms with van der Waals surface area (Å²) in [5.41, 5.74) is 2.55. The number of piperidine rings is 3. The third-order valence-electron chi connectivity index (χ3n) is 8.61. The van der Waals surface area contributed by atoms with Crippen molar-refractivity contribution < 1.29 is 40.5 Å². The van der Waals surface area contributed by atoms with E-state index in [0.29, 0.717) is 11.8 Å². The Bertz CT molecular complexity index is 1390. The molecule has 224 valence electrons. The Balaban J connectivity index is 0.00000405. The Morgan fingerprint density at radius 1 is 1.12 bits per heavy atom. The minimum absolute atomic E-state index is 0. The number of para-hydroxylation sites is 1. The van der Waals surface area contributed by atoms with Gasteiger partial charge in [0.05, 0.1) is 25.0 Å². The number of esters is 1. The number of quaternary nitrogens is 1. The second kappa shape index (κ2) is 13.4. The quantitative estimate of drug-likeness (QED) is 0.222. The van der Waals surface area contributed by atoms with Crippen LogP contribution in [-0.4, -0.2) is 52.8 Å². The molecule has 7 nitrogen and oxygen atoms in total. The van der Waals surface area contributed by atoms with Crippen molar-refractivity contribution in [2.45, 2.75) is 64.3 Å². The van der Waals surface area contributed by atoms with E-state index in [9.17, 15) is 9.59 Å². The summed E-state index contributed by atoms with van der Waals surface area (Å²) in [6.45, 7) is 12.6. The van der Waals surface area contributed by atoms with Crippen LogP contribution in [0.5, 0.6) is 0 Å². The number of alkyl carbamates (subject to hydrolysis) is 1. The number of rotatable bonds is 9. The maximum atomic E-state index is 13.4. The zero-order chi connectivity index (χ0) is 29.0. The van der Waals surface area contributed by atoms with Gasteiger partial charge in [0.15, 0.2) is 6.10 Å². The number of carbonyl (C=O) groups is 2. The summed E-state index contributed by atoms with van der Waals surface area (Å²) in [7, 11) is 0. The topological polar surface area (TPSA) is 77.5 Å². The van der Waals surface area contributed by atoms with Crippen molar-refractivity contribution in [2.75, 3.05) is 19.6 Å². The number of halogens is 1. The van der Waals surface area contributed by atoms with Gasteiger partial charge < -0.3 is 36.3 Å². The van der Waals surface area contributed by atoms with Crippen LogP contribution in [0.25, 0.3) is 10.9 Å². The number of hydrogen-bond acceptors (Lipinski definition) is 5. The summed E-state index contributed by atoms with van der Waals surface area (Å²) in [5.74, 6) is 0.608. The van der Waals surface area contributed by atoms with Gasteiger partial charge in [-0.25, -0.2) is 4.79 Å². The lowest BCUT2D eigenvalue weighted by atomic mass is 9.71. The molecule has 5 atom stereocenters. The van der Waals surface area contributed by atoms with E-state index < -0.39 is 17.8 Å². The zero-order valence-corrected chi connectivity index (χ0v) is 26.4. The minimum Gasteiger partial charge on any atom is -1.00 e. The highest BCUT2D eigenvalue weighted by Gasteiger charge is 2.55. The first-order valence-electron chi connectivity index (χ1n) is 14.7. The average molecular weight is 637 g/mol. The molecule has 0 radical (unpaired) electrons. The van der Waals surface area contributed by atoms with Gasteiger partial charge in [0, 0.05) is 48.0 Å². The van der Waals surface area contributed by atoms with Crippen molar-refractivity contribution in [3.05, 3.63) is 90.6 Å². The minimum atomic E-state index is -0.604. The molecule has 2 bridgehead atoms. The lowest BCUT2D eigenvalue weighted by Gasteiger charge is -2.58. The molecule has 42 heavy (non-hydrogen) atoms. The molecule has 1 N–H and O–H groups in total. The van der Waals surface area contributed by atoms with Crippen LogP contribution in [0.15, 0.2) is 79.5 Å². The van der Waals surface area contributed by atoms with E-state index in [4.69, 9.17) is 9.47 Å². The van der Waals surface area contributed by atoms with Gasteiger partial charge in [-0.15, -0.1) is 6.58 Å². The summed E-state index contributed by atoms with van der Waals surface area (Å²) < 4.78 is 12.6. The standard InChI is InChI=1S/C34H41N3O4.BrH/c1-5-25-23-37(22-24-11-7-6-8-12-24)20-17-26(25)21-30(37)32(28-15-18-35-29-14-10-9-13-27(28)29)40-31(38)16-19-36-33(39)41-34(2,3)4;/h5-15,18,25-26,30,32H,1,16-17,19-23H2,2-4H3;1H/t25-,26-,30+,32-,37?;/m0./s1. The lowest BCUT2D eigenvalue weighted by molar-refractivity contribution is -0.984. The van der Waals surface area contributed by atoms with Crippen molar-refractivity contribution in [1.82, 2.24) is 10.3 Å². The van der Waals surface area contributed by atoms with E-state index in [2.05, 4.69) is 59.4 Å². The van der Waals surface area contributed by atoms with E-state index in [1.54, 1.807) is 0 Å². The fourth-order valence-electron chi connectivity index (χ4n) is 6.81. The molecule has 1 aromatic heterocycles. The molecule has 3 aliphatic rings. The molecule has 3 fully saturated rings. The van der Waals surface area contributed by atoms with Crippen LogP contribution in [0.2, 0.25) is 0 Å². The average Bonchev–Trinajstić information content (AvgIpc) is 2.95. The molecular formula is C34H42BrN3O4. The molecule has 3 saturated heterocycles. The van der Waals surface area contributed by atoms with Crippen molar-refractivity contribution in [3.8, 4) is 0 Å². The van der Waals surface area contributed by atoms with Gasteiger partial charge in [0.1, 0.15) is 18.2 Å². The molecule has 0 spiro atoms. The molecule has 1 unspecified atom stereocenters. The van der Waals surface area contributed by atoms with Crippen LogP contribution in [0, 0.1) is 11.8 Å². The lowest BCUT2D eigenvalue weighted by Crippen LogP contribution is -3.00. The number of amides is 1. The maximum Gasteiger partial charge on any atom is 0.407 e. The van der Waals surface area contributed by atoms with Gasteiger partial charge in [-0.05, 0) is 38.8 Å². The number of hydrogen-bond donors (Lipinski definition) is 1. The van der Waals surface area contributed by atoms with Gasteiger partial charge in [-0.3, -0.25) is 9.78 Å². The molecule has 8 heteroatoms. The maximum absolute atomic E-state index is 13.4. The summed E-state index contributed by atoms with van der Waals surface area (Å²) >= 11 is 0. The van der Waals surface area contributed by atoms with E-state index in [1.807, 2.05) is 51.2 Å². The van der Waals surface area contributed by atoms with Crippen LogP contribution in [0.1, 0.15) is 57.3 Å². The highest BCUT2D eigenvalue weighted by molar-refractivity contribution is 5.83. The van der Waals surface area contributed by atoms with Crippen LogP contribution in [0.3, 0.4) is 0 Å². The van der Waals surface area contributed by atoms with Crippen LogP contribution in [0.4, 0.5) is 4.79 Å². The van der Waals surface area contributed by atoms with Crippen molar-refractivity contribution in [1.29, 1.82) is 0 Å². The van der Waals surface area contributed by atoms with Gasteiger partial charge in [0.25, 0.3) is 0 Å². The summed E-state index contributed by atoms with van der Waals surface area (Å²) in [6, 6.07) is 20.8. The van der Waals surface area contributed by atoms with Gasteiger partial charge in [0.2, 0.25) is 0 Å². The fraction of sp³-hybridized carbons (Fsp3) is 0.441. The Hall–Kier alpha value is -3.23. The Kier molecular flexibility index (Phi) is 10.1. The predicted molar refractivity (Wildman–Crippen MR) is 160 cm³/mol. The molecule has 1 amide bonds. The smallest absolute Gasteiger partial charge is 0.407 e. The molecule has 6 rings (SSSR count). The molecule has 2 aromatic carbocycles. The number of ether oxygens (including phenoxy) is 2. The normalized spacial score (nSPS) is 23.8. The van der Waals surface area contributed by atoms with Crippen LogP contribution >= 0.6 is 0 Å². The molecule has 0 saturated carbocycles. The van der Waals surface area contributed by atoms with E-state index in [0.717, 1.165) is 53.4 Å². The second-order valence-corrected chi connectivity index (χ2v) is 12.5. The molecule has 3 aliphatic heterocycles. The predicted octanol–water partition coefficient (Wildman–Crippen LogP) is 3.35. The second-order valence-electron chi connectivity index (χ2n) is 12.5. The first-order chi connectivity index (χ1) is 19.7. The monoisotopic (exact) mass is 635 g/mol. The third kappa shape index (κ3) is 7.21. The van der Waals surface area contributed by atoms with Gasteiger partial charge in [-0.1, -0.05) is 54.6 Å². The van der Waals surface area contributed by atoms with E-state index in [-0.39, 0.29) is 42.0 Å². The van der Waals surface area contributed by atoms with Crippen molar-refractivity contribution >= 4 is 23.0 Å². The highest BCUT2D eigenvalue weighted by atomic mass is 79.9. The first-order valence-corrected chi connectivity index (χ1v) is 14.7. The van der Waals surface area contributed by atoms with Gasteiger partial charge in [-0.2, -0.15) is 0 Å². The Morgan fingerprint density at radius 3 is 2.60 bits per heavy atom. The number of pyridine rings is 1.